The van der Waals surface area contributed by atoms with Gasteiger partial charge in [0.05, 0.1) is 5.52 Å². The molecule has 0 saturated carbocycles. The molecule has 2 aliphatic heterocycles. The Bertz CT molecular complexity index is 1080. The maximum atomic E-state index is 13.4. The highest BCUT2D eigenvalue weighted by atomic mass is 19.4. The molecule has 0 bridgehead atoms. The number of ether oxygens (including phenoxy) is 1. The zero-order chi connectivity index (χ0) is 24.2. The number of nitrogens with zero attached hydrogens (tertiary/aromatic N) is 3. The highest BCUT2D eigenvalue weighted by molar-refractivity contribution is 5.88. The molecule has 2 saturated heterocycles. The number of benzene rings is 1. The second-order valence-electron chi connectivity index (χ2n) is 7.93. The molecule has 1 aromatic heterocycles. The minimum absolute atomic E-state index is 0.00362. The number of hydrogen-bond donors (Lipinski definition) is 2. The van der Waals surface area contributed by atoms with E-state index in [4.69, 9.17) is 0 Å². The van der Waals surface area contributed by atoms with Gasteiger partial charge in [-0.25, -0.2) is 9.48 Å². The molecule has 2 fully saturated rings. The maximum absolute atomic E-state index is 13.4. The van der Waals surface area contributed by atoms with Gasteiger partial charge in [0.25, 0.3) is 12.1 Å². The number of rotatable bonds is 4. The van der Waals surface area contributed by atoms with Crippen molar-refractivity contribution in [3.05, 3.63) is 30.0 Å². The Labute approximate surface area is 182 Å². The van der Waals surface area contributed by atoms with Crippen LogP contribution in [0, 0.1) is 0 Å². The molecule has 2 N–H and O–H groups in total. The number of likely N-dealkylation sites (tertiary alicyclic amines) is 1. The maximum Gasteiger partial charge on any atom is 0.491 e. The van der Waals surface area contributed by atoms with Gasteiger partial charge in [0.2, 0.25) is 0 Å². The molecule has 2 aromatic rings. The molecule has 0 spiro atoms. The molecule has 1 unspecified atom stereocenters. The number of para-hydroxylation sites is 1. The third kappa shape index (κ3) is 4.12. The third-order valence-corrected chi connectivity index (χ3v) is 5.69. The molecular formula is C19H18F6N4O4. The normalized spacial score (nSPS) is 21.7. The van der Waals surface area contributed by atoms with E-state index in [1.54, 1.807) is 6.07 Å². The molecular weight excluding hydrogens is 462 g/mol. The molecule has 3 heterocycles. The minimum atomic E-state index is -5.51. The second kappa shape index (κ2) is 7.87. The number of esters is 1. The standard InChI is InChI=1S/C19H18F6N4O4/c20-18(21,22)12-6-3-7-28(12)14(30)15(33-16(31)19(23,24)25)29-11-5-2-1-4-10(11)13(27-29)17(32)8-26-9-17/h1-2,4-5,12,15,26,32H,3,6-9H2/t12-,15?/m0/s1. The summed E-state index contributed by atoms with van der Waals surface area (Å²) in [6.07, 6.45) is -13.3. The van der Waals surface area contributed by atoms with E-state index in [1.165, 1.54) is 18.2 Å². The summed E-state index contributed by atoms with van der Waals surface area (Å²) in [5, 5.41) is 17.8. The van der Waals surface area contributed by atoms with Gasteiger partial charge in [-0.1, -0.05) is 18.2 Å². The molecule has 180 valence electrons. The molecule has 1 amide bonds. The summed E-state index contributed by atoms with van der Waals surface area (Å²) in [6, 6.07) is 3.58. The van der Waals surface area contributed by atoms with E-state index < -0.39 is 48.5 Å². The van der Waals surface area contributed by atoms with Crippen LogP contribution >= 0.6 is 0 Å². The van der Waals surface area contributed by atoms with Crippen LogP contribution in [-0.2, 0) is 19.9 Å². The second-order valence-corrected chi connectivity index (χ2v) is 7.93. The molecule has 0 aliphatic carbocycles. The van der Waals surface area contributed by atoms with Crippen LogP contribution in [-0.4, -0.2) is 69.7 Å². The van der Waals surface area contributed by atoms with Crippen LogP contribution in [0.15, 0.2) is 24.3 Å². The molecule has 2 atom stereocenters. The van der Waals surface area contributed by atoms with Crippen molar-refractivity contribution in [2.24, 2.45) is 0 Å². The van der Waals surface area contributed by atoms with E-state index >= 15 is 0 Å². The lowest BCUT2D eigenvalue weighted by atomic mass is 9.91. The van der Waals surface area contributed by atoms with Gasteiger partial charge in [-0.2, -0.15) is 31.4 Å². The van der Waals surface area contributed by atoms with Gasteiger partial charge in [0.15, 0.2) is 0 Å². The number of alkyl halides is 6. The lowest BCUT2D eigenvalue weighted by Gasteiger charge is -2.36. The lowest BCUT2D eigenvalue weighted by molar-refractivity contribution is -0.214. The first-order valence-electron chi connectivity index (χ1n) is 9.89. The van der Waals surface area contributed by atoms with E-state index in [0.717, 1.165) is 0 Å². The average molecular weight is 480 g/mol. The number of amides is 1. The number of aromatic nitrogens is 2. The van der Waals surface area contributed by atoms with Crippen molar-refractivity contribution in [3.8, 4) is 0 Å². The van der Waals surface area contributed by atoms with Crippen molar-refractivity contribution in [3.63, 3.8) is 0 Å². The van der Waals surface area contributed by atoms with Gasteiger partial charge in [-0.05, 0) is 18.9 Å². The fraction of sp³-hybridized carbons (Fsp3) is 0.526. The summed E-state index contributed by atoms with van der Waals surface area (Å²) in [5.74, 6) is -4.25. The quantitative estimate of drug-likeness (QED) is 0.514. The van der Waals surface area contributed by atoms with Gasteiger partial charge in [0, 0.05) is 25.0 Å². The van der Waals surface area contributed by atoms with Crippen molar-refractivity contribution >= 4 is 22.8 Å². The summed E-state index contributed by atoms with van der Waals surface area (Å²) in [7, 11) is 0. The Morgan fingerprint density at radius 1 is 1.18 bits per heavy atom. The van der Waals surface area contributed by atoms with Crippen LogP contribution in [0.5, 0.6) is 0 Å². The summed E-state index contributed by atoms with van der Waals surface area (Å²) in [4.78, 5) is 25.1. The Morgan fingerprint density at radius 3 is 2.42 bits per heavy atom. The van der Waals surface area contributed by atoms with Crippen molar-refractivity contribution in [2.75, 3.05) is 19.6 Å². The van der Waals surface area contributed by atoms with E-state index in [9.17, 15) is 41.0 Å². The van der Waals surface area contributed by atoms with Crippen LogP contribution in [0.1, 0.15) is 24.8 Å². The first-order chi connectivity index (χ1) is 15.3. The van der Waals surface area contributed by atoms with Crippen molar-refractivity contribution in [1.82, 2.24) is 20.0 Å². The topological polar surface area (TPSA) is 96.7 Å². The number of β-amino-alcohol motifs (C(OH)–C–C–N with tert-alkyl or cyclic N) is 1. The molecule has 33 heavy (non-hydrogen) atoms. The highest BCUT2D eigenvalue weighted by Crippen LogP contribution is 2.37. The predicted molar refractivity (Wildman–Crippen MR) is 98.5 cm³/mol. The number of halogens is 6. The fourth-order valence-corrected chi connectivity index (χ4v) is 4.03. The fourth-order valence-electron chi connectivity index (χ4n) is 4.03. The van der Waals surface area contributed by atoms with Crippen LogP contribution in [0.4, 0.5) is 26.3 Å². The number of carbonyl (C=O) groups is 2. The summed E-state index contributed by atoms with van der Waals surface area (Å²) in [5.41, 5.74) is -1.52. The zero-order valence-electron chi connectivity index (χ0n) is 16.8. The predicted octanol–water partition coefficient (Wildman–Crippen LogP) is 1.98. The van der Waals surface area contributed by atoms with Crippen LogP contribution in [0.2, 0.25) is 0 Å². The smallest absolute Gasteiger partial charge is 0.423 e. The summed E-state index contributed by atoms with van der Waals surface area (Å²) in [6.45, 7) is -0.280. The summed E-state index contributed by atoms with van der Waals surface area (Å²) < 4.78 is 84.1. The zero-order valence-corrected chi connectivity index (χ0v) is 16.8. The van der Waals surface area contributed by atoms with Gasteiger partial charge >= 0.3 is 18.3 Å². The largest absolute Gasteiger partial charge is 0.491 e. The number of fused-ring (bicyclic) bond motifs is 1. The van der Waals surface area contributed by atoms with E-state index in [0.29, 0.717) is 9.58 Å². The number of hydrogen-bond acceptors (Lipinski definition) is 6. The minimum Gasteiger partial charge on any atom is -0.423 e. The molecule has 8 nitrogen and oxygen atoms in total. The first kappa shape index (κ1) is 23.3. The Kier molecular flexibility index (Phi) is 5.55. The molecule has 0 radical (unpaired) electrons. The lowest BCUT2D eigenvalue weighted by Crippen LogP contribution is -2.57. The third-order valence-electron chi connectivity index (χ3n) is 5.69. The van der Waals surface area contributed by atoms with Crippen LogP contribution in [0.25, 0.3) is 10.9 Å². The van der Waals surface area contributed by atoms with Gasteiger partial charge in [-0.15, -0.1) is 0 Å². The van der Waals surface area contributed by atoms with Crippen molar-refractivity contribution in [2.45, 2.75) is 43.1 Å². The van der Waals surface area contributed by atoms with Crippen molar-refractivity contribution < 1.29 is 45.8 Å². The van der Waals surface area contributed by atoms with Gasteiger partial charge < -0.3 is 20.1 Å². The average Bonchev–Trinajstić information content (AvgIpc) is 3.34. The number of carbonyl (C=O) groups excluding carboxylic acids is 2. The SMILES string of the molecule is O=C(C(OC(=O)C(F)(F)F)n1nc(C2(O)CNC2)c2ccccc21)N1CCC[C@H]1C(F)(F)F. The summed E-state index contributed by atoms with van der Waals surface area (Å²) >= 11 is 0. The van der Waals surface area contributed by atoms with E-state index in [-0.39, 0.29) is 42.7 Å². The Balaban J connectivity index is 1.82. The molecule has 2 aliphatic rings. The molecule has 14 heteroatoms. The monoisotopic (exact) mass is 480 g/mol. The Hall–Kier alpha value is -2.87. The van der Waals surface area contributed by atoms with Gasteiger partial charge in [-0.3, -0.25) is 4.79 Å². The van der Waals surface area contributed by atoms with Gasteiger partial charge in [0.1, 0.15) is 17.3 Å². The van der Waals surface area contributed by atoms with E-state index in [1.807, 2.05) is 0 Å². The molecule has 4 rings (SSSR count). The Morgan fingerprint density at radius 2 is 1.85 bits per heavy atom. The molecule has 1 aromatic carbocycles. The number of nitrogens with one attached hydrogen (secondary N) is 1. The van der Waals surface area contributed by atoms with E-state index in [2.05, 4.69) is 15.2 Å². The van der Waals surface area contributed by atoms with Crippen molar-refractivity contribution in [1.29, 1.82) is 0 Å². The first-order valence-corrected chi connectivity index (χ1v) is 9.89. The highest BCUT2D eigenvalue weighted by Gasteiger charge is 2.52. The number of aliphatic hydroxyl groups is 1. The van der Waals surface area contributed by atoms with Crippen LogP contribution < -0.4 is 5.32 Å². The van der Waals surface area contributed by atoms with Crippen LogP contribution in [0.3, 0.4) is 0 Å².